The molecule has 2 aliphatic rings. The Kier molecular flexibility index (Phi) is 2.84. The number of hydrogen-bond acceptors (Lipinski definition) is 1. The molecule has 1 fully saturated rings. The molecule has 2 bridgehead atoms. The highest BCUT2D eigenvalue weighted by Crippen LogP contribution is 2.53. The van der Waals surface area contributed by atoms with E-state index < -0.39 is 5.97 Å². The van der Waals surface area contributed by atoms with Gasteiger partial charge in [-0.25, -0.2) is 4.79 Å². The fourth-order valence-corrected chi connectivity index (χ4v) is 4.58. The predicted molar refractivity (Wildman–Crippen MR) is 95.7 cm³/mol. The zero-order valence-corrected chi connectivity index (χ0v) is 13.3. The summed E-state index contributed by atoms with van der Waals surface area (Å²) in [5.74, 6) is 0.684. The number of aromatic carboxylic acids is 1. The molecule has 0 aromatic heterocycles. The summed E-state index contributed by atoms with van der Waals surface area (Å²) in [7, 11) is 0. The van der Waals surface area contributed by atoms with Gasteiger partial charge >= 0.3 is 5.97 Å². The second-order valence-electron chi connectivity index (χ2n) is 7.13. The number of carbonyl (C=O) groups is 1. The van der Waals surface area contributed by atoms with Gasteiger partial charge in [0.1, 0.15) is 0 Å². The molecule has 1 saturated carbocycles. The highest BCUT2D eigenvalue weighted by Gasteiger charge is 2.36. The van der Waals surface area contributed by atoms with Gasteiger partial charge < -0.3 is 5.11 Å². The largest absolute Gasteiger partial charge is 0.478 e. The van der Waals surface area contributed by atoms with E-state index in [1.54, 1.807) is 23.3 Å². The van der Waals surface area contributed by atoms with Gasteiger partial charge in [0.2, 0.25) is 0 Å². The van der Waals surface area contributed by atoms with Crippen LogP contribution in [0.2, 0.25) is 0 Å². The minimum atomic E-state index is -0.880. The first-order valence-electron chi connectivity index (χ1n) is 8.60. The number of carboxylic acids is 1. The van der Waals surface area contributed by atoms with E-state index in [9.17, 15) is 4.79 Å². The summed E-state index contributed by atoms with van der Waals surface area (Å²) >= 11 is 0. The first-order chi connectivity index (χ1) is 11.7. The van der Waals surface area contributed by atoms with Crippen LogP contribution in [0.3, 0.4) is 0 Å². The third-order valence-corrected chi connectivity index (χ3v) is 5.82. The molecule has 0 saturated heterocycles. The lowest BCUT2D eigenvalue weighted by Crippen LogP contribution is -1.98. The van der Waals surface area contributed by atoms with Crippen LogP contribution in [-0.4, -0.2) is 11.1 Å². The Balaban J connectivity index is 1.59. The molecular formula is C22H18O2. The topological polar surface area (TPSA) is 37.3 Å². The van der Waals surface area contributed by atoms with Gasteiger partial charge in [0.25, 0.3) is 0 Å². The third-order valence-electron chi connectivity index (χ3n) is 5.82. The van der Waals surface area contributed by atoms with Gasteiger partial charge in [-0.3, -0.25) is 0 Å². The maximum atomic E-state index is 11.1. The molecule has 2 nitrogen and oxygen atoms in total. The van der Waals surface area contributed by atoms with E-state index in [-0.39, 0.29) is 0 Å². The monoisotopic (exact) mass is 314 g/mol. The smallest absolute Gasteiger partial charge is 0.335 e. The minimum Gasteiger partial charge on any atom is -0.478 e. The molecule has 0 aliphatic heterocycles. The molecule has 24 heavy (non-hydrogen) atoms. The van der Waals surface area contributed by atoms with Crippen LogP contribution >= 0.6 is 0 Å². The van der Waals surface area contributed by atoms with Crippen LogP contribution in [0.4, 0.5) is 0 Å². The molecule has 2 aliphatic carbocycles. The Morgan fingerprint density at radius 2 is 1.46 bits per heavy atom. The first-order valence-corrected chi connectivity index (χ1v) is 8.60. The number of fused-ring (bicyclic) bond motifs is 6. The summed E-state index contributed by atoms with van der Waals surface area (Å²) in [5.41, 5.74) is 5.94. The lowest BCUT2D eigenvalue weighted by molar-refractivity contribution is 0.0697. The lowest BCUT2D eigenvalue weighted by Gasteiger charge is -2.16. The van der Waals surface area contributed by atoms with Gasteiger partial charge in [0, 0.05) is 0 Å². The van der Waals surface area contributed by atoms with Crippen molar-refractivity contribution in [3.05, 3.63) is 71.3 Å². The molecule has 0 radical (unpaired) electrons. The van der Waals surface area contributed by atoms with Crippen LogP contribution in [-0.2, 0) is 0 Å². The maximum Gasteiger partial charge on any atom is 0.335 e. The SMILES string of the molecule is O=C(O)c1ccc2cc(-c3ccc4c(c3)C3CCC4C3)ccc2c1. The molecular weight excluding hydrogens is 296 g/mol. The summed E-state index contributed by atoms with van der Waals surface area (Å²) in [6.45, 7) is 0. The second kappa shape index (κ2) is 4.94. The van der Waals surface area contributed by atoms with E-state index in [4.69, 9.17) is 5.11 Å². The highest BCUT2D eigenvalue weighted by atomic mass is 16.4. The van der Waals surface area contributed by atoms with Crippen LogP contribution < -0.4 is 0 Å². The van der Waals surface area contributed by atoms with E-state index in [2.05, 4.69) is 30.3 Å². The lowest BCUT2D eigenvalue weighted by atomic mass is 9.89. The molecule has 2 heteroatoms. The van der Waals surface area contributed by atoms with Crippen molar-refractivity contribution in [1.29, 1.82) is 0 Å². The molecule has 1 N–H and O–H groups in total. The van der Waals surface area contributed by atoms with Crippen LogP contribution in [0.5, 0.6) is 0 Å². The predicted octanol–water partition coefficient (Wildman–Crippen LogP) is 5.57. The summed E-state index contributed by atoms with van der Waals surface area (Å²) in [4.78, 5) is 11.1. The highest BCUT2D eigenvalue weighted by molar-refractivity contribution is 5.95. The fraction of sp³-hybridized carbons (Fsp3) is 0.227. The van der Waals surface area contributed by atoms with E-state index >= 15 is 0 Å². The van der Waals surface area contributed by atoms with Crippen molar-refractivity contribution in [3.8, 4) is 11.1 Å². The molecule has 3 aromatic rings. The Morgan fingerprint density at radius 3 is 2.29 bits per heavy atom. The van der Waals surface area contributed by atoms with Crippen molar-refractivity contribution in [1.82, 2.24) is 0 Å². The molecule has 3 aromatic carbocycles. The van der Waals surface area contributed by atoms with Gasteiger partial charge in [-0.05, 0) is 82.3 Å². The zero-order chi connectivity index (χ0) is 16.3. The van der Waals surface area contributed by atoms with E-state index in [1.807, 2.05) is 12.1 Å². The minimum absolute atomic E-state index is 0.337. The summed E-state index contributed by atoms with van der Waals surface area (Å²) in [6, 6.07) is 18.6. The normalized spacial score (nSPS) is 21.2. The molecule has 0 amide bonds. The standard InChI is InChI=1S/C22H18O2/c23-22(24)19-6-3-13-9-14(1-2-15(13)10-19)16-7-8-20-17-4-5-18(11-17)21(20)12-16/h1-3,6-10,12,17-18H,4-5,11H2,(H,23,24). The number of rotatable bonds is 2. The van der Waals surface area contributed by atoms with Gasteiger partial charge in [-0.15, -0.1) is 0 Å². The van der Waals surface area contributed by atoms with Gasteiger partial charge in [-0.1, -0.05) is 36.4 Å². The summed E-state index contributed by atoms with van der Waals surface area (Å²) in [5, 5.41) is 11.2. The Labute approximate surface area is 140 Å². The Bertz CT molecular complexity index is 986. The summed E-state index contributed by atoms with van der Waals surface area (Å²) in [6.07, 6.45) is 4.05. The maximum absolute atomic E-state index is 11.1. The van der Waals surface area contributed by atoms with Crippen LogP contribution in [0.15, 0.2) is 54.6 Å². The Hall–Kier alpha value is -2.61. The van der Waals surface area contributed by atoms with Crippen molar-refractivity contribution >= 4 is 16.7 Å². The molecule has 0 heterocycles. The number of carboxylic acid groups (broad SMARTS) is 1. The van der Waals surface area contributed by atoms with E-state index in [0.29, 0.717) is 5.56 Å². The molecule has 2 unspecified atom stereocenters. The Morgan fingerprint density at radius 1 is 0.792 bits per heavy atom. The average Bonchev–Trinajstić information content (AvgIpc) is 3.22. The quantitative estimate of drug-likeness (QED) is 0.671. The van der Waals surface area contributed by atoms with Crippen LogP contribution in [0.1, 0.15) is 52.6 Å². The summed E-state index contributed by atoms with van der Waals surface area (Å²) < 4.78 is 0. The van der Waals surface area contributed by atoms with Gasteiger partial charge in [-0.2, -0.15) is 0 Å². The zero-order valence-electron chi connectivity index (χ0n) is 13.3. The van der Waals surface area contributed by atoms with Crippen LogP contribution in [0, 0.1) is 0 Å². The van der Waals surface area contributed by atoms with Crippen molar-refractivity contribution in [2.24, 2.45) is 0 Å². The molecule has 2 atom stereocenters. The molecule has 118 valence electrons. The van der Waals surface area contributed by atoms with E-state index in [0.717, 1.165) is 22.6 Å². The molecule has 5 rings (SSSR count). The van der Waals surface area contributed by atoms with Crippen molar-refractivity contribution in [3.63, 3.8) is 0 Å². The number of benzene rings is 3. The fourth-order valence-electron chi connectivity index (χ4n) is 4.58. The molecule has 0 spiro atoms. The second-order valence-corrected chi connectivity index (χ2v) is 7.13. The van der Waals surface area contributed by atoms with Crippen LogP contribution in [0.25, 0.3) is 21.9 Å². The average molecular weight is 314 g/mol. The van der Waals surface area contributed by atoms with Gasteiger partial charge in [0.05, 0.1) is 5.56 Å². The first kappa shape index (κ1) is 13.8. The van der Waals surface area contributed by atoms with Gasteiger partial charge in [0.15, 0.2) is 0 Å². The van der Waals surface area contributed by atoms with Crippen molar-refractivity contribution < 1.29 is 9.90 Å². The van der Waals surface area contributed by atoms with E-state index in [1.165, 1.54) is 30.4 Å². The van der Waals surface area contributed by atoms with Crippen molar-refractivity contribution in [2.75, 3.05) is 0 Å². The number of hydrogen-bond donors (Lipinski definition) is 1. The third kappa shape index (κ3) is 1.99. The van der Waals surface area contributed by atoms with Crippen molar-refractivity contribution in [2.45, 2.75) is 31.1 Å².